The molecule has 0 aliphatic carbocycles. The van der Waals surface area contributed by atoms with Crippen molar-refractivity contribution in [2.75, 3.05) is 19.3 Å². The van der Waals surface area contributed by atoms with Crippen LogP contribution in [-0.2, 0) is 9.59 Å². The Labute approximate surface area is 111 Å². The highest BCUT2D eigenvalue weighted by Gasteiger charge is 2.29. The lowest BCUT2D eigenvalue weighted by atomic mass is 10.2. The van der Waals surface area contributed by atoms with E-state index in [0.717, 1.165) is 11.4 Å². The van der Waals surface area contributed by atoms with Gasteiger partial charge in [-0.2, -0.15) is 0 Å². The summed E-state index contributed by atoms with van der Waals surface area (Å²) in [6, 6.07) is 9.42. The molecule has 0 spiro atoms. The van der Waals surface area contributed by atoms with Crippen LogP contribution in [-0.4, -0.2) is 42.1 Å². The maximum atomic E-state index is 11.7. The standard InChI is InChI=1S/C13H16N2O2S/c1-15-8-7-11(13(15)17)14-12(16)9-18-10-5-3-2-4-6-10/h2-6,11H,7-9H2,1H3,(H,14,16)/t11-/m1/s1. The summed E-state index contributed by atoms with van der Waals surface area (Å²) in [6.07, 6.45) is 0.705. The number of likely N-dealkylation sites (tertiary alicyclic amines) is 1. The van der Waals surface area contributed by atoms with Gasteiger partial charge < -0.3 is 10.2 Å². The lowest BCUT2D eigenvalue weighted by Crippen LogP contribution is -2.41. The van der Waals surface area contributed by atoms with Gasteiger partial charge in [0.2, 0.25) is 11.8 Å². The molecule has 4 nitrogen and oxygen atoms in total. The minimum absolute atomic E-state index is 0.00746. The predicted molar refractivity (Wildman–Crippen MR) is 71.4 cm³/mol. The van der Waals surface area contributed by atoms with Gasteiger partial charge in [0.15, 0.2) is 0 Å². The summed E-state index contributed by atoms with van der Waals surface area (Å²) in [5.74, 6) is 0.267. The lowest BCUT2D eigenvalue weighted by Gasteiger charge is -2.12. The van der Waals surface area contributed by atoms with Crippen molar-refractivity contribution in [1.82, 2.24) is 10.2 Å². The predicted octanol–water partition coefficient (Wildman–Crippen LogP) is 1.13. The van der Waals surface area contributed by atoms with Gasteiger partial charge in [-0.1, -0.05) is 18.2 Å². The number of thioether (sulfide) groups is 1. The Kier molecular flexibility index (Phi) is 4.25. The summed E-state index contributed by atoms with van der Waals surface area (Å²) in [5, 5.41) is 2.78. The Morgan fingerprint density at radius 2 is 2.17 bits per heavy atom. The molecule has 1 atom stereocenters. The average molecular weight is 264 g/mol. The van der Waals surface area contributed by atoms with E-state index in [2.05, 4.69) is 5.32 Å². The third kappa shape index (κ3) is 3.26. The smallest absolute Gasteiger partial charge is 0.244 e. The molecule has 1 fully saturated rings. The zero-order valence-electron chi connectivity index (χ0n) is 10.3. The number of hydrogen-bond acceptors (Lipinski definition) is 3. The summed E-state index contributed by atoms with van der Waals surface area (Å²) in [4.78, 5) is 26.0. The van der Waals surface area contributed by atoms with Gasteiger partial charge in [-0.3, -0.25) is 9.59 Å². The van der Waals surface area contributed by atoms with E-state index in [1.54, 1.807) is 11.9 Å². The molecule has 2 rings (SSSR count). The fourth-order valence-corrected chi connectivity index (χ4v) is 2.59. The van der Waals surface area contributed by atoms with Crippen molar-refractivity contribution in [3.63, 3.8) is 0 Å². The first-order valence-corrected chi connectivity index (χ1v) is 6.87. The Balaban J connectivity index is 1.78. The van der Waals surface area contributed by atoms with Crippen LogP contribution in [0.2, 0.25) is 0 Å². The van der Waals surface area contributed by atoms with Crippen molar-refractivity contribution >= 4 is 23.6 Å². The molecule has 0 bridgehead atoms. The average Bonchev–Trinajstić information content (AvgIpc) is 2.70. The van der Waals surface area contributed by atoms with Gasteiger partial charge in [0.1, 0.15) is 6.04 Å². The van der Waals surface area contributed by atoms with Crippen LogP contribution in [0.3, 0.4) is 0 Å². The Bertz CT molecular complexity index is 436. The minimum Gasteiger partial charge on any atom is -0.344 e. The van der Waals surface area contributed by atoms with E-state index in [1.165, 1.54) is 11.8 Å². The zero-order valence-corrected chi connectivity index (χ0v) is 11.1. The summed E-state index contributed by atoms with van der Waals surface area (Å²) >= 11 is 1.48. The number of hydrogen-bond donors (Lipinski definition) is 1. The van der Waals surface area contributed by atoms with Crippen molar-refractivity contribution in [2.45, 2.75) is 17.4 Å². The minimum atomic E-state index is -0.334. The summed E-state index contributed by atoms with van der Waals surface area (Å²) in [6.45, 7) is 0.718. The van der Waals surface area contributed by atoms with Crippen LogP contribution in [0.1, 0.15) is 6.42 Å². The van der Waals surface area contributed by atoms with E-state index < -0.39 is 0 Å². The molecule has 5 heteroatoms. The number of carbonyl (C=O) groups excluding carboxylic acids is 2. The highest BCUT2D eigenvalue weighted by atomic mass is 32.2. The summed E-state index contributed by atoms with van der Waals surface area (Å²) < 4.78 is 0. The van der Waals surface area contributed by atoms with Gasteiger partial charge in [0, 0.05) is 18.5 Å². The molecule has 1 aromatic rings. The number of amides is 2. The van der Waals surface area contributed by atoms with Crippen LogP contribution in [0.5, 0.6) is 0 Å². The number of carbonyl (C=O) groups is 2. The topological polar surface area (TPSA) is 49.4 Å². The van der Waals surface area contributed by atoms with E-state index in [9.17, 15) is 9.59 Å². The lowest BCUT2D eigenvalue weighted by molar-refractivity contribution is -0.131. The summed E-state index contributed by atoms with van der Waals surface area (Å²) in [5.41, 5.74) is 0. The Hall–Kier alpha value is -1.49. The molecule has 1 aliphatic rings. The van der Waals surface area contributed by atoms with Crippen LogP contribution < -0.4 is 5.32 Å². The number of nitrogens with zero attached hydrogens (tertiary/aromatic N) is 1. The summed E-state index contributed by atoms with van der Waals surface area (Å²) in [7, 11) is 1.76. The molecular formula is C13H16N2O2S. The van der Waals surface area contributed by atoms with E-state index in [4.69, 9.17) is 0 Å². The SMILES string of the molecule is CN1CC[C@@H](NC(=O)CSc2ccccc2)C1=O. The molecule has 2 amide bonds. The molecule has 1 aromatic carbocycles. The van der Waals surface area contributed by atoms with Crippen LogP contribution in [0.25, 0.3) is 0 Å². The monoisotopic (exact) mass is 264 g/mol. The van der Waals surface area contributed by atoms with Crippen LogP contribution in [0.15, 0.2) is 35.2 Å². The second-order valence-corrected chi connectivity index (χ2v) is 5.32. The second kappa shape index (κ2) is 5.91. The second-order valence-electron chi connectivity index (χ2n) is 4.27. The van der Waals surface area contributed by atoms with E-state index in [1.807, 2.05) is 30.3 Å². The highest BCUT2D eigenvalue weighted by molar-refractivity contribution is 8.00. The Morgan fingerprint density at radius 1 is 1.44 bits per heavy atom. The van der Waals surface area contributed by atoms with Crippen molar-refractivity contribution in [2.24, 2.45) is 0 Å². The maximum absolute atomic E-state index is 11.7. The van der Waals surface area contributed by atoms with Gasteiger partial charge in [0.05, 0.1) is 5.75 Å². The zero-order chi connectivity index (χ0) is 13.0. The Morgan fingerprint density at radius 3 is 2.78 bits per heavy atom. The molecular weight excluding hydrogens is 248 g/mol. The van der Waals surface area contributed by atoms with Gasteiger partial charge in [-0.15, -0.1) is 11.8 Å². The molecule has 1 N–H and O–H groups in total. The molecule has 0 radical (unpaired) electrons. The molecule has 1 aliphatic heterocycles. The molecule has 0 saturated carbocycles. The van der Waals surface area contributed by atoms with Gasteiger partial charge in [-0.05, 0) is 18.6 Å². The number of benzene rings is 1. The first-order valence-electron chi connectivity index (χ1n) is 5.89. The molecule has 96 valence electrons. The molecule has 18 heavy (non-hydrogen) atoms. The first-order chi connectivity index (χ1) is 8.66. The number of rotatable bonds is 4. The number of likely N-dealkylation sites (N-methyl/N-ethyl adjacent to an activating group) is 1. The highest BCUT2D eigenvalue weighted by Crippen LogP contribution is 2.16. The van der Waals surface area contributed by atoms with Crippen LogP contribution >= 0.6 is 11.8 Å². The normalized spacial score (nSPS) is 19.1. The van der Waals surface area contributed by atoms with E-state index in [0.29, 0.717) is 12.2 Å². The number of nitrogens with one attached hydrogen (secondary N) is 1. The molecule has 1 heterocycles. The van der Waals surface area contributed by atoms with Gasteiger partial charge in [0.25, 0.3) is 0 Å². The largest absolute Gasteiger partial charge is 0.344 e. The molecule has 1 saturated heterocycles. The van der Waals surface area contributed by atoms with Crippen LogP contribution in [0, 0.1) is 0 Å². The van der Waals surface area contributed by atoms with E-state index in [-0.39, 0.29) is 17.9 Å². The quantitative estimate of drug-likeness (QED) is 0.829. The first kappa shape index (κ1) is 13.0. The fraction of sp³-hybridized carbons (Fsp3) is 0.385. The van der Waals surface area contributed by atoms with Crippen molar-refractivity contribution in [3.05, 3.63) is 30.3 Å². The molecule has 0 aromatic heterocycles. The fourth-order valence-electron chi connectivity index (χ4n) is 1.86. The van der Waals surface area contributed by atoms with Crippen LogP contribution in [0.4, 0.5) is 0 Å². The van der Waals surface area contributed by atoms with Crippen molar-refractivity contribution in [3.8, 4) is 0 Å². The maximum Gasteiger partial charge on any atom is 0.244 e. The third-order valence-corrected chi connectivity index (χ3v) is 3.89. The van der Waals surface area contributed by atoms with Gasteiger partial charge >= 0.3 is 0 Å². The van der Waals surface area contributed by atoms with Crippen molar-refractivity contribution in [1.29, 1.82) is 0 Å². The van der Waals surface area contributed by atoms with Gasteiger partial charge in [-0.25, -0.2) is 0 Å². The van der Waals surface area contributed by atoms with Crippen molar-refractivity contribution < 1.29 is 9.59 Å². The molecule has 0 unspecified atom stereocenters. The van der Waals surface area contributed by atoms with E-state index >= 15 is 0 Å². The third-order valence-electron chi connectivity index (χ3n) is 2.88.